The van der Waals surface area contributed by atoms with Crippen LogP contribution in [-0.2, 0) is 13.0 Å². The van der Waals surface area contributed by atoms with Crippen LogP contribution >= 0.6 is 27.5 Å². The van der Waals surface area contributed by atoms with E-state index in [0.717, 1.165) is 16.8 Å². The molecule has 0 atom stereocenters. The first-order valence-electron chi connectivity index (χ1n) is 5.60. The molecule has 0 radical (unpaired) electrons. The van der Waals surface area contributed by atoms with Crippen LogP contribution in [0.25, 0.3) is 0 Å². The Hall–Kier alpha value is -1.13. The minimum atomic E-state index is 0.00488. The van der Waals surface area contributed by atoms with Crippen molar-refractivity contribution in [3.05, 3.63) is 51.5 Å². The molecule has 1 aromatic heterocycles. The molecule has 5 heteroatoms. The molecule has 1 aromatic carbocycles. The van der Waals surface area contributed by atoms with Crippen LogP contribution in [0, 0.1) is 0 Å². The second kappa shape index (κ2) is 5.67. The predicted octanol–water partition coefficient (Wildman–Crippen LogP) is 3.74. The summed E-state index contributed by atoms with van der Waals surface area (Å²) in [5, 5.41) is 0.556. The number of carbonyl (C=O) groups is 1. The number of carbonyl (C=O) groups excluding carboxylic acids is 1. The van der Waals surface area contributed by atoms with Crippen LogP contribution in [0.4, 0.5) is 0 Å². The van der Waals surface area contributed by atoms with Crippen molar-refractivity contribution in [2.45, 2.75) is 19.9 Å². The first-order chi connectivity index (χ1) is 8.61. The lowest BCUT2D eigenvalue weighted by Crippen LogP contribution is -2.10. The highest BCUT2D eigenvalue weighted by Crippen LogP contribution is 2.22. The number of imidazole rings is 1. The van der Waals surface area contributed by atoms with E-state index in [-0.39, 0.29) is 12.2 Å². The van der Waals surface area contributed by atoms with E-state index in [2.05, 4.69) is 20.9 Å². The molecule has 0 saturated heterocycles. The summed E-state index contributed by atoms with van der Waals surface area (Å²) in [6.07, 6.45) is 3.86. The summed E-state index contributed by atoms with van der Waals surface area (Å²) in [6.45, 7) is 2.82. The van der Waals surface area contributed by atoms with Crippen LogP contribution in [0.5, 0.6) is 0 Å². The van der Waals surface area contributed by atoms with E-state index in [9.17, 15) is 4.79 Å². The Morgan fingerprint density at radius 3 is 3.00 bits per heavy atom. The average molecular weight is 328 g/mol. The topological polar surface area (TPSA) is 34.9 Å². The number of benzene rings is 1. The zero-order chi connectivity index (χ0) is 13.1. The van der Waals surface area contributed by atoms with Gasteiger partial charge in [0.05, 0.1) is 6.42 Å². The van der Waals surface area contributed by atoms with Gasteiger partial charge in [-0.2, -0.15) is 0 Å². The Balaban J connectivity index is 2.25. The average Bonchev–Trinajstić information content (AvgIpc) is 2.79. The van der Waals surface area contributed by atoms with Gasteiger partial charge in [-0.15, -0.1) is 0 Å². The summed E-state index contributed by atoms with van der Waals surface area (Å²) in [4.78, 5) is 16.4. The number of halogens is 2. The van der Waals surface area contributed by atoms with Crippen molar-refractivity contribution in [1.29, 1.82) is 0 Å². The standard InChI is InChI=1S/C13H12BrClN2O/c1-2-17-6-5-16-13(17)8-12(18)10-7-9(15)3-4-11(10)14/h3-7H,2,8H2,1H3. The molecule has 0 unspecified atom stereocenters. The largest absolute Gasteiger partial charge is 0.335 e. The molecule has 0 saturated carbocycles. The Morgan fingerprint density at radius 2 is 2.28 bits per heavy atom. The maximum absolute atomic E-state index is 12.2. The molecular weight excluding hydrogens is 316 g/mol. The number of Topliss-reactive ketones (excluding diaryl/α,β-unsaturated/α-hetero) is 1. The molecule has 3 nitrogen and oxygen atoms in total. The number of hydrogen-bond acceptors (Lipinski definition) is 2. The maximum atomic E-state index is 12.2. The summed E-state index contributed by atoms with van der Waals surface area (Å²) >= 11 is 9.27. The van der Waals surface area contributed by atoms with Gasteiger partial charge in [-0.1, -0.05) is 27.5 Å². The van der Waals surface area contributed by atoms with Crippen molar-refractivity contribution in [2.75, 3.05) is 0 Å². The Kier molecular flexibility index (Phi) is 4.19. The monoisotopic (exact) mass is 326 g/mol. The van der Waals surface area contributed by atoms with E-state index in [1.807, 2.05) is 17.7 Å². The van der Waals surface area contributed by atoms with E-state index in [4.69, 9.17) is 11.6 Å². The van der Waals surface area contributed by atoms with Crippen molar-refractivity contribution in [1.82, 2.24) is 9.55 Å². The quantitative estimate of drug-likeness (QED) is 0.802. The minimum Gasteiger partial charge on any atom is -0.335 e. The van der Waals surface area contributed by atoms with Crippen LogP contribution in [0.15, 0.2) is 35.1 Å². The molecule has 0 aliphatic carbocycles. The summed E-state index contributed by atoms with van der Waals surface area (Å²) in [7, 11) is 0. The fourth-order valence-electron chi connectivity index (χ4n) is 1.75. The Morgan fingerprint density at radius 1 is 1.50 bits per heavy atom. The van der Waals surface area contributed by atoms with Crippen molar-refractivity contribution < 1.29 is 4.79 Å². The number of aromatic nitrogens is 2. The second-order valence-corrected chi connectivity index (χ2v) is 5.14. The van der Waals surface area contributed by atoms with Crippen molar-refractivity contribution in [2.24, 2.45) is 0 Å². The summed E-state index contributed by atoms with van der Waals surface area (Å²) in [6, 6.07) is 5.20. The van der Waals surface area contributed by atoms with E-state index in [1.54, 1.807) is 24.4 Å². The van der Waals surface area contributed by atoms with Gasteiger partial charge in [0, 0.05) is 34.0 Å². The number of nitrogens with zero attached hydrogens (tertiary/aromatic N) is 2. The van der Waals surface area contributed by atoms with Crippen LogP contribution in [0.2, 0.25) is 5.02 Å². The summed E-state index contributed by atoms with van der Waals surface area (Å²) in [5.74, 6) is 0.777. The van der Waals surface area contributed by atoms with E-state index < -0.39 is 0 Å². The highest BCUT2D eigenvalue weighted by atomic mass is 79.9. The van der Waals surface area contributed by atoms with E-state index >= 15 is 0 Å². The SMILES string of the molecule is CCn1ccnc1CC(=O)c1cc(Cl)ccc1Br. The van der Waals surface area contributed by atoms with Crippen LogP contribution < -0.4 is 0 Å². The zero-order valence-electron chi connectivity index (χ0n) is 9.86. The first-order valence-corrected chi connectivity index (χ1v) is 6.77. The lowest BCUT2D eigenvalue weighted by atomic mass is 10.1. The molecular formula is C13H12BrClN2O. The van der Waals surface area contributed by atoms with E-state index in [1.165, 1.54) is 0 Å². The fraction of sp³-hybridized carbons (Fsp3) is 0.231. The highest BCUT2D eigenvalue weighted by Gasteiger charge is 2.14. The van der Waals surface area contributed by atoms with Gasteiger partial charge in [-0.05, 0) is 25.1 Å². The minimum absolute atomic E-state index is 0.00488. The molecule has 0 spiro atoms. The lowest BCUT2D eigenvalue weighted by Gasteiger charge is -2.06. The van der Waals surface area contributed by atoms with Crippen molar-refractivity contribution in [3.8, 4) is 0 Å². The third kappa shape index (κ3) is 2.82. The number of hydrogen-bond donors (Lipinski definition) is 0. The van der Waals surface area contributed by atoms with Gasteiger partial charge in [0.15, 0.2) is 5.78 Å². The number of rotatable bonds is 4. The molecule has 18 heavy (non-hydrogen) atoms. The van der Waals surface area contributed by atoms with Gasteiger partial charge >= 0.3 is 0 Å². The molecule has 2 aromatic rings. The summed E-state index contributed by atoms with van der Waals surface area (Å²) in [5.41, 5.74) is 0.591. The molecule has 0 fully saturated rings. The molecule has 94 valence electrons. The van der Waals surface area contributed by atoms with Crippen LogP contribution in [-0.4, -0.2) is 15.3 Å². The van der Waals surface area contributed by atoms with Crippen molar-refractivity contribution >= 4 is 33.3 Å². The smallest absolute Gasteiger partial charge is 0.171 e. The zero-order valence-corrected chi connectivity index (χ0v) is 12.2. The molecule has 0 aliphatic rings. The van der Waals surface area contributed by atoms with Gasteiger partial charge in [0.25, 0.3) is 0 Å². The number of ketones is 1. The normalized spacial score (nSPS) is 10.6. The Bertz CT molecular complexity index is 580. The van der Waals surface area contributed by atoms with Gasteiger partial charge in [-0.25, -0.2) is 4.98 Å². The second-order valence-electron chi connectivity index (χ2n) is 3.85. The molecule has 1 heterocycles. The summed E-state index contributed by atoms with van der Waals surface area (Å²) < 4.78 is 2.71. The third-order valence-electron chi connectivity index (χ3n) is 2.69. The van der Waals surface area contributed by atoms with Gasteiger partial charge in [-0.3, -0.25) is 4.79 Å². The van der Waals surface area contributed by atoms with Crippen LogP contribution in [0.3, 0.4) is 0 Å². The van der Waals surface area contributed by atoms with E-state index in [0.29, 0.717) is 10.6 Å². The molecule has 0 aliphatic heterocycles. The van der Waals surface area contributed by atoms with Gasteiger partial charge < -0.3 is 4.57 Å². The molecule has 0 N–H and O–H groups in total. The van der Waals surface area contributed by atoms with Gasteiger partial charge in [0.1, 0.15) is 5.82 Å². The van der Waals surface area contributed by atoms with Gasteiger partial charge in [0.2, 0.25) is 0 Å². The Labute approximate surface area is 119 Å². The van der Waals surface area contributed by atoms with Crippen LogP contribution in [0.1, 0.15) is 23.1 Å². The fourth-order valence-corrected chi connectivity index (χ4v) is 2.39. The predicted molar refractivity (Wildman–Crippen MR) is 75.1 cm³/mol. The molecule has 0 bridgehead atoms. The maximum Gasteiger partial charge on any atom is 0.171 e. The number of aryl methyl sites for hydroxylation is 1. The lowest BCUT2D eigenvalue weighted by molar-refractivity contribution is 0.0989. The molecule has 2 rings (SSSR count). The molecule has 0 amide bonds. The van der Waals surface area contributed by atoms with Crippen molar-refractivity contribution in [3.63, 3.8) is 0 Å². The highest BCUT2D eigenvalue weighted by molar-refractivity contribution is 9.10. The third-order valence-corrected chi connectivity index (χ3v) is 3.62. The first kappa shape index (κ1) is 13.3.